The van der Waals surface area contributed by atoms with E-state index in [1.807, 2.05) is 5.43 Å². The molecule has 0 atom stereocenters. The molecular weight excluding hydrogens is 743 g/mol. The number of hydrogen-bond acceptors (Lipinski definition) is 12. The van der Waals surface area contributed by atoms with Gasteiger partial charge in [-0.3, -0.25) is 23.0 Å². The van der Waals surface area contributed by atoms with Crippen LogP contribution in [0.5, 0.6) is 0 Å². The van der Waals surface area contributed by atoms with Crippen LogP contribution < -0.4 is 15.6 Å². The van der Waals surface area contributed by atoms with Gasteiger partial charge in [0.05, 0.1) is 25.9 Å². The molecule has 258 valence electrons. The summed E-state index contributed by atoms with van der Waals surface area (Å²) < 4.78 is 166. The van der Waals surface area contributed by atoms with E-state index in [4.69, 9.17) is 5.73 Å². The first-order valence-electron chi connectivity index (χ1n) is 12.6. The van der Waals surface area contributed by atoms with Crippen molar-refractivity contribution in [3.63, 3.8) is 0 Å². The molecule has 7 N–H and O–H groups in total. The normalized spacial score (nSPS) is 13.0. The van der Waals surface area contributed by atoms with E-state index in [0.29, 0.717) is 29.8 Å². The Labute approximate surface area is 273 Å². The fourth-order valence-electron chi connectivity index (χ4n) is 4.59. The number of nitrogens with one attached hydrogen (secondary N) is 1. The molecular formula is C25H23N3O15S5. The van der Waals surface area contributed by atoms with Crippen molar-refractivity contribution in [3.8, 4) is 0 Å². The second kappa shape index (κ2) is 12.0. The van der Waals surface area contributed by atoms with Gasteiger partial charge in [-0.25, -0.2) is 5.43 Å². The molecule has 4 rings (SSSR count). The highest BCUT2D eigenvalue weighted by Crippen LogP contribution is 2.39. The second-order valence-electron chi connectivity index (χ2n) is 10.1. The molecule has 0 radical (unpaired) electrons. The number of hydrazine groups is 1. The largest absolute Gasteiger partial charge is 0.399 e. The van der Waals surface area contributed by atoms with E-state index >= 15 is 0 Å². The lowest BCUT2D eigenvalue weighted by Gasteiger charge is -2.28. The van der Waals surface area contributed by atoms with Crippen LogP contribution in [0.2, 0.25) is 0 Å². The zero-order valence-electron chi connectivity index (χ0n) is 24.1. The number of sulfonamides is 1. The van der Waals surface area contributed by atoms with Gasteiger partial charge >= 0.3 is 0 Å². The van der Waals surface area contributed by atoms with Gasteiger partial charge in [-0.15, -0.1) is 0 Å². The first-order valence-corrected chi connectivity index (χ1v) is 19.8. The number of nitrogen functional groups attached to an aromatic ring is 1. The average molecular weight is 766 g/mol. The standard InChI is InChI=1S/C25H23N3O15S5/c1-13-3-6-21(14(2)7-13)44(30,31)28(27-25(29)19-5-4-16(26)10-22(19)47(38,39)40)20-11-17(45(32,33)34)8-15-9-18(46(35,36)37)12-23(24(15)20)48(41,42)43/h3-12H,26H2,1-2H3,(H,27,29)(H,32,33,34)(H,35,36,37)(H,38,39,40)(H,41,42,43). The van der Waals surface area contributed by atoms with E-state index in [1.165, 1.54) is 19.1 Å². The van der Waals surface area contributed by atoms with Crippen molar-refractivity contribution >= 4 is 78.6 Å². The Bertz CT molecular complexity index is 2600. The Morgan fingerprint density at radius 3 is 1.69 bits per heavy atom. The van der Waals surface area contributed by atoms with Crippen molar-refractivity contribution in [2.75, 3.05) is 10.1 Å². The predicted octanol–water partition coefficient (Wildman–Crippen LogP) is 1.57. The fourth-order valence-corrected chi connectivity index (χ4v) is 8.73. The molecule has 0 aliphatic carbocycles. The van der Waals surface area contributed by atoms with E-state index < -0.39 is 103 Å². The monoisotopic (exact) mass is 765 g/mol. The SMILES string of the molecule is Cc1ccc(S(=O)(=O)N(NC(=O)c2ccc(N)cc2S(=O)(=O)O)c2cc(S(=O)(=O)O)cc3cc(S(=O)(=O)O)cc(S(=O)(=O)O)c23)c(C)c1. The first-order chi connectivity index (χ1) is 21.7. The molecule has 0 aromatic heterocycles. The average Bonchev–Trinajstić information content (AvgIpc) is 2.92. The van der Waals surface area contributed by atoms with Crippen LogP contribution >= 0.6 is 0 Å². The number of aryl methyl sites for hydroxylation is 2. The molecule has 0 fully saturated rings. The maximum atomic E-state index is 14.3. The number of hydrogen-bond donors (Lipinski definition) is 6. The van der Waals surface area contributed by atoms with Gasteiger partial charge in [-0.2, -0.15) is 46.5 Å². The third-order valence-electron chi connectivity index (χ3n) is 6.61. The van der Waals surface area contributed by atoms with Gasteiger partial charge in [-0.1, -0.05) is 17.7 Å². The van der Waals surface area contributed by atoms with E-state index in [0.717, 1.165) is 18.2 Å². The molecule has 23 heteroatoms. The van der Waals surface area contributed by atoms with Crippen LogP contribution in [-0.2, 0) is 50.5 Å². The number of nitrogens with two attached hydrogens (primary N) is 1. The van der Waals surface area contributed by atoms with Gasteiger partial charge in [0.1, 0.15) is 9.79 Å². The topological polar surface area (TPSA) is 310 Å². The summed E-state index contributed by atoms with van der Waals surface area (Å²) in [6, 6.07) is 7.62. The summed E-state index contributed by atoms with van der Waals surface area (Å²) in [6.45, 7) is 2.90. The van der Waals surface area contributed by atoms with Gasteiger partial charge in [-0.05, 0) is 73.3 Å². The molecule has 0 aliphatic rings. The number of anilines is 2. The van der Waals surface area contributed by atoms with Crippen molar-refractivity contribution in [1.82, 2.24) is 5.43 Å². The summed E-state index contributed by atoms with van der Waals surface area (Å²) >= 11 is 0. The second-order valence-corrected chi connectivity index (χ2v) is 17.5. The zero-order chi connectivity index (χ0) is 36.4. The smallest absolute Gasteiger partial charge is 0.295 e. The summed E-state index contributed by atoms with van der Waals surface area (Å²) in [5.74, 6) is -1.63. The molecule has 0 bridgehead atoms. The van der Waals surface area contributed by atoms with Crippen LogP contribution in [-0.4, -0.2) is 66.2 Å². The van der Waals surface area contributed by atoms with Crippen LogP contribution in [0.4, 0.5) is 11.4 Å². The molecule has 18 nitrogen and oxygen atoms in total. The van der Waals surface area contributed by atoms with Crippen LogP contribution in [0.1, 0.15) is 21.5 Å². The van der Waals surface area contributed by atoms with Crippen molar-refractivity contribution in [2.45, 2.75) is 38.3 Å². The van der Waals surface area contributed by atoms with Crippen LogP contribution in [0.25, 0.3) is 10.8 Å². The highest BCUT2D eigenvalue weighted by atomic mass is 32.2. The lowest BCUT2D eigenvalue weighted by Crippen LogP contribution is -2.47. The predicted molar refractivity (Wildman–Crippen MR) is 167 cm³/mol. The number of amides is 1. The molecule has 0 spiro atoms. The van der Waals surface area contributed by atoms with Crippen molar-refractivity contribution in [2.24, 2.45) is 0 Å². The number of carbonyl (C=O) groups is 1. The minimum atomic E-state index is -5.60. The highest BCUT2D eigenvalue weighted by Gasteiger charge is 2.35. The van der Waals surface area contributed by atoms with Gasteiger partial charge < -0.3 is 5.73 Å². The number of carbonyl (C=O) groups excluding carboxylic acids is 1. The van der Waals surface area contributed by atoms with E-state index in [9.17, 15) is 65.1 Å². The maximum absolute atomic E-state index is 14.3. The number of nitrogens with zero attached hydrogens (tertiary/aromatic N) is 1. The molecule has 48 heavy (non-hydrogen) atoms. The van der Waals surface area contributed by atoms with Crippen LogP contribution in [0.3, 0.4) is 0 Å². The van der Waals surface area contributed by atoms with Gasteiger partial charge in [0.25, 0.3) is 56.4 Å². The lowest BCUT2D eigenvalue weighted by atomic mass is 10.1. The Morgan fingerprint density at radius 1 is 0.646 bits per heavy atom. The van der Waals surface area contributed by atoms with Crippen LogP contribution in [0.15, 0.2) is 85.1 Å². The molecule has 0 aliphatic heterocycles. The summed E-state index contributed by atoms with van der Waals surface area (Å²) in [4.78, 5) is 8.05. The van der Waals surface area contributed by atoms with E-state index in [1.54, 1.807) is 6.92 Å². The summed E-state index contributed by atoms with van der Waals surface area (Å²) in [7, 11) is -26.8. The van der Waals surface area contributed by atoms with Crippen molar-refractivity contribution in [1.29, 1.82) is 0 Å². The molecule has 4 aromatic carbocycles. The summed E-state index contributed by atoms with van der Waals surface area (Å²) in [5.41, 5.74) is 5.61. The molecule has 0 unspecified atom stereocenters. The molecule has 0 saturated carbocycles. The molecule has 4 aromatic rings. The van der Waals surface area contributed by atoms with Gasteiger partial charge in [0.15, 0.2) is 0 Å². The summed E-state index contributed by atoms with van der Waals surface area (Å²) in [6.07, 6.45) is 0. The highest BCUT2D eigenvalue weighted by molar-refractivity contribution is 7.93. The minimum absolute atomic E-state index is 0.0132. The number of benzene rings is 4. The Kier molecular flexibility index (Phi) is 9.19. The van der Waals surface area contributed by atoms with Crippen LogP contribution in [0, 0.1) is 13.8 Å². The molecule has 1 amide bonds. The van der Waals surface area contributed by atoms with E-state index in [-0.39, 0.29) is 21.7 Å². The van der Waals surface area contributed by atoms with Gasteiger partial charge in [0, 0.05) is 11.1 Å². The third kappa shape index (κ3) is 7.27. The quantitative estimate of drug-likeness (QED) is 0.0800. The van der Waals surface area contributed by atoms with Crippen molar-refractivity contribution in [3.05, 3.63) is 77.4 Å². The number of fused-ring (bicyclic) bond motifs is 1. The minimum Gasteiger partial charge on any atom is -0.399 e. The lowest BCUT2D eigenvalue weighted by molar-refractivity contribution is 0.0952. The van der Waals surface area contributed by atoms with Crippen molar-refractivity contribution < 1.29 is 65.1 Å². The first kappa shape index (κ1) is 36.6. The van der Waals surface area contributed by atoms with Gasteiger partial charge in [0.2, 0.25) is 0 Å². The Hall–Kier alpha value is -4.20. The molecule has 0 saturated heterocycles. The Morgan fingerprint density at radius 2 is 1.19 bits per heavy atom. The van der Waals surface area contributed by atoms with E-state index in [2.05, 4.69) is 0 Å². The third-order valence-corrected chi connectivity index (χ3v) is 11.8. The summed E-state index contributed by atoms with van der Waals surface area (Å²) in [5, 5.41) is -1.80. The molecule has 0 heterocycles. The number of rotatable bonds is 9. The Balaban J connectivity index is 2.24. The maximum Gasteiger partial charge on any atom is 0.295 e. The fraction of sp³-hybridized carbons (Fsp3) is 0.0800. The zero-order valence-corrected chi connectivity index (χ0v) is 28.2.